The van der Waals surface area contributed by atoms with Crippen LogP contribution in [-0.2, 0) is 4.79 Å². The van der Waals surface area contributed by atoms with E-state index in [1.165, 1.54) is 6.08 Å². The number of aromatic nitrogens is 2. The number of imidazole rings is 1. The van der Waals surface area contributed by atoms with Gasteiger partial charge in [-0.15, -0.1) is 0 Å². The van der Waals surface area contributed by atoms with Crippen molar-refractivity contribution in [3.05, 3.63) is 29.8 Å². The second-order valence-corrected chi connectivity index (χ2v) is 2.72. The fraction of sp³-hybridized carbons (Fsp3) is 0. The quantitative estimate of drug-likeness (QED) is 0.513. The van der Waals surface area contributed by atoms with Crippen molar-refractivity contribution in [3.8, 4) is 0 Å². The maximum Gasteiger partial charge on any atom is 0.240 e. The van der Waals surface area contributed by atoms with E-state index < -0.39 is 0 Å². The molecule has 0 radical (unpaired) electrons. The van der Waals surface area contributed by atoms with Gasteiger partial charge in [0.15, 0.2) is 0 Å². The van der Waals surface area contributed by atoms with Crippen molar-refractivity contribution < 1.29 is 4.79 Å². The Morgan fingerprint density at radius 1 is 1.62 bits per heavy atom. The highest BCUT2D eigenvalue weighted by molar-refractivity contribution is 6.28. The van der Waals surface area contributed by atoms with Crippen LogP contribution >= 0.6 is 11.6 Å². The van der Waals surface area contributed by atoms with Gasteiger partial charge in [0.2, 0.25) is 11.4 Å². The van der Waals surface area contributed by atoms with Crippen LogP contribution in [0.4, 0.5) is 5.69 Å². The van der Waals surface area contributed by atoms with Gasteiger partial charge in [-0.3, -0.25) is 4.40 Å². The highest BCUT2D eigenvalue weighted by atomic mass is 35.5. The zero-order valence-electron chi connectivity index (χ0n) is 6.44. The van der Waals surface area contributed by atoms with Crippen LogP contribution in [0.25, 0.3) is 5.52 Å². The molecule has 0 aromatic carbocycles. The van der Waals surface area contributed by atoms with E-state index in [0.717, 1.165) is 0 Å². The highest BCUT2D eigenvalue weighted by Gasteiger charge is 2.03. The Bertz CT molecular complexity index is 499. The fourth-order valence-electron chi connectivity index (χ4n) is 1.12. The molecule has 0 unspecified atom stereocenters. The van der Waals surface area contributed by atoms with Gasteiger partial charge in [-0.2, -0.15) is 4.99 Å². The van der Waals surface area contributed by atoms with Gasteiger partial charge in [-0.1, -0.05) is 0 Å². The van der Waals surface area contributed by atoms with Crippen LogP contribution in [-0.4, -0.2) is 15.5 Å². The molecule has 0 spiro atoms. The molecule has 4 nitrogen and oxygen atoms in total. The third-order valence-corrected chi connectivity index (χ3v) is 1.95. The van der Waals surface area contributed by atoms with Crippen molar-refractivity contribution in [1.29, 1.82) is 0 Å². The first-order valence-corrected chi connectivity index (χ1v) is 3.90. The number of isocyanates is 1. The largest absolute Gasteiger partial charge is 0.288 e. The number of hydrogen-bond acceptors (Lipinski definition) is 3. The van der Waals surface area contributed by atoms with Crippen LogP contribution in [0.2, 0.25) is 5.28 Å². The van der Waals surface area contributed by atoms with Gasteiger partial charge in [0, 0.05) is 6.20 Å². The lowest BCUT2D eigenvalue weighted by Gasteiger charge is -1.95. The van der Waals surface area contributed by atoms with E-state index >= 15 is 0 Å². The Hall–Kier alpha value is -1.64. The Kier molecular flexibility index (Phi) is 1.85. The van der Waals surface area contributed by atoms with Crippen molar-refractivity contribution in [2.24, 2.45) is 4.99 Å². The van der Waals surface area contributed by atoms with Crippen molar-refractivity contribution in [3.63, 3.8) is 0 Å². The van der Waals surface area contributed by atoms with Crippen LogP contribution in [0.3, 0.4) is 0 Å². The summed E-state index contributed by atoms with van der Waals surface area (Å²) < 4.78 is 1.64. The molecule has 0 saturated heterocycles. The summed E-state index contributed by atoms with van der Waals surface area (Å²) in [7, 11) is 0. The maximum absolute atomic E-state index is 10.1. The van der Waals surface area contributed by atoms with Crippen LogP contribution in [0.5, 0.6) is 0 Å². The third kappa shape index (κ3) is 1.22. The zero-order valence-corrected chi connectivity index (χ0v) is 7.19. The average molecular weight is 194 g/mol. The summed E-state index contributed by atoms with van der Waals surface area (Å²) in [5.74, 6) is 0. The number of nitrogens with zero attached hydrogens (tertiary/aromatic N) is 3. The van der Waals surface area contributed by atoms with Gasteiger partial charge < -0.3 is 0 Å². The molecule has 13 heavy (non-hydrogen) atoms. The van der Waals surface area contributed by atoms with Gasteiger partial charge in [-0.25, -0.2) is 9.78 Å². The second kappa shape index (κ2) is 3.01. The van der Waals surface area contributed by atoms with E-state index in [4.69, 9.17) is 11.6 Å². The minimum absolute atomic E-state index is 0.345. The first-order valence-electron chi connectivity index (χ1n) is 3.52. The molecule has 0 fully saturated rings. The number of carbonyl (C=O) groups excluding carboxylic acids is 1. The Labute approximate surface area is 78.5 Å². The number of halogens is 1. The number of aliphatic imine (C=N–C) groups is 1. The summed E-state index contributed by atoms with van der Waals surface area (Å²) >= 11 is 5.76. The average Bonchev–Trinajstić information content (AvgIpc) is 2.50. The van der Waals surface area contributed by atoms with Crippen molar-refractivity contribution >= 4 is 28.9 Å². The monoisotopic (exact) mass is 193 g/mol. The van der Waals surface area contributed by atoms with Crippen LogP contribution in [0.15, 0.2) is 29.5 Å². The molecule has 2 aromatic heterocycles. The fourth-order valence-corrected chi connectivity index (χ4v) is 1.32. The van der Waals surface area contributed by atoms with Crippen LogP contribution < -0.4 is 0 Å². The Balaban J connectivity index is 2.84. The van der Waals surface area contributed by atoms with Gasteiger partial charge in [0.05, 0.1) is 11.7 Å². The molecule has 2 rings (SSSR count). The number of pyridine rings is 1. The first kappa shape index (κ1) is 7.98. The van der Waals surface area contributed by atoms with E-state index in [1.54, 1.807) is 28.9 Å². The summed E-state index contributed by atoms with van der Waals surface area (Å²) in [4.78, 5) is 17.5. The summed E-state index contributed by atoms with van der Waals surface area (Å²) in [6.45, 7) is 0. The molecule has 0 N–H and O–H groups in total. The molecular formula is C8H4ClN3O. The molecule has 0 aliphatic rings. The van der Waals surface area contributed by atoms with E-state index in [0.29, 0.717) is 16.5 Å². The van der Waals surface area contributed by atoms with Gasteiger partial charge in [0.25, 0.3) is 0 Å². The number of hydrogen-bond donors (Lipinski definition) is 0. The molecule has 0 bridgehead atoms. The summed E-state index contributed by atoms with van der Waals surface area (Å²) in [5, 5.41) is 0.345. The Morgan fingerprint density at radius 3 is 3.23 bits per heavy atom. The van der Waals surface area contributed by atoms with E-state index in [-0.39, 0.29) is 0 Å². The van der Waals surface area contributed by atoms with Crippen LogP contribution in [0, 0.1) is 0 Å². The van der Waals surface area contributed by atoms with Crippen molar-refractivity contribution in [2.75, 3.05) is 0 Å². The predicted octanol–water partition coefficient (Wildman–Crippen LogP) is 1.95. The first-order chi connectivity index (χ1) is 6.33. The molecule has 0 amide bonds. The summed E-state index contributed by atoms with van der Waals surface area (Å²) in [6, 6.07) is 3.43. The molecule has 2 heterocycles. The minimum Gasteiger partial charge on any atom is -0.288 e. The second-order valence-electron chi connectivity index (χ2n) is 2.38. The maximum atomic E-state index is 10.1. The summed E-state index contributed by atoms with van der Waals surface area (Å²) in [6.07, 6.45) is 4.77. The topological polar surface area (TPSA) is 46.7 Å². The van der Waals surface area contributed by atoms with Crippen LogP contribution in [0.1, 0.15) is 0 Å². The van der Waals surface area contributed by atoms with Crippen molar-refractivity contribution in [1.82, 2.24) is 9.38 Å². The molecular weight excluding hydrogens is 190 g/mol. The van der Waals surface area contributed by atoms with Gasteiger partial charge >= 0.3 is 0 Å². The molecule has 5 heteroatoms. The molecule has 0 aliphatic heterocycles. The van der Waals surface area contributed by atoms with Crippen molar-refractivity contribution in [2.45, 2.75) is 0 Å². The molecule has 0 aliphatic carbocycles. The summed E-state index contributed by atoms with van der Waals surface area (Å²) in [5.41, 5.74) is 1.20. The number of rotatable bonds is 1. The molecule has 2 aromatic rings. The number of fused-ring (bicyclic) bond motifs is 1. The predicted molar refractivity (Wildman–Crippen MR) is 48.0 cm³/mol. The van der Waals surface area contributed by atoms with Gasteiger partial charge in [0.1, 0.15) is 5.69 Å². The molecule has 64 valence electrons. The SMILES string of the molecule is O=C=Nc1cccn2c(Cl)ncc12. The minimum atomic E-state index is 0.345. The Morgan fingerprint density at radius 2 is 2.46 bits per heavy atom. The standard InChI is InChI=1S/C8H4ClN3O/c9-8-10-4-7-6(11-5-13)2-1-3-12(7)8/h1-4H. The smallest absolute Gasteiger partial charge is 0.240 e. The molecule has 0 atom stereocenters. The van der Waals surface area contributed by atoms with Gasteiger partial charge in [-0.05, 0) is 23.7 Å². The lowest BCUT2D eigenvalue weighted by molar-refractivity contribution is 0.565. The lowest BCUT2D eigenvalue weighted by Crippen LogP contribution is -1.82. The third-order valence-electron chi connectivity index (χ3n) is 1.67. The highest BCUT2D eigenvalue weighted by Crippen LogP contribution is 2.21. The lowest BCUT2D eigenvalue weighted by atomic mass is 10.3. The van der Waals surface area contributed by atoms with E-state index in [9.17, 15) is 4.79 Å². The normalized spacial score (nSPS) is 9.92. The molecule has 0 saturated carbocycles. The zero-order chi connectivity index (χ0) is 9.26. The van der Waals surface area contributed by atoms with E-state index in [1.807, 2.05) is 0 Å². The van der Waals surface area contributed by atoms with E-state index in [2.05, 4.69) is 9.98 Å².